The summed E-state index contributed by atoms with van der Waals surface area (Å²) in [5.41, 5.74) is 2.04. The Bertz CT molecular complexity index is 888. The van der Waals surface area contributed by atoms with Crippen molar-refractivity contribution in [3.63, 3.8) is 0 Å². The van der Waals surface area contributed by atoms with Crippen molar-refractivity contribution in [3.8, 4) is 10.6 Å². The Morgan fingerprint density at radius 3 is 2.78 bits per heavy atom. The Balaban J connectivity index is 1.43. The highest BCUT2D eigenvalue weighted by Gasteiger charge is 2.16. The standard InChI is InChI=1S/C19H23N7S/c1-14-22-17(10-18(23-14)26-8-6-25(2)7-9-26)21-12-16-13-27-19(24-16)15-4-3-5-20-11-15/h3-5,10-11,13H,6-9,12H2,1-2H3,(H,21,22,23). The number of piperazine rings is 1. The van der Waals surface area contributed by atoms with E-state index < -0.39 is 0 Å². The van der Waals surface area contributed by atoms with Crippen molar-refractivity contribution in [2.24, 2.45) is 0 Å². The van der Waals surface area contributed by atoms with Gasteiger partial charge in [-0.1, -0.05) is 0 Å². The van der Waals surface area contributed by atoms with E-state index in [4.69, 9.17) is 4.98 Å². The number of rotatable bonds is 5. The van der Waals surface area contributed by atoms with E-state index in [2.05, 4.69) is 42.5 Å². The largest absolute Gasteiger partial charge is 0.364 e. The predicted molar refractivity (Wildman–Crippen MR) is 109 cm³/mol. The summed E-state index contributed by atoms with van der Waals surface area (Å²) >= 11 is 1.63. The quantitative estimate of drug-likeness (QED) is 0.728. The Hall–Kier alpha value is -2.58. The number of hydrogen-bond donors (Lipinski definition) is 1. The van der Waals surface area contributed by atoms with E-state index in [9.17, 15) is 0 Å². The van der Waals surface area contributed by atoms with Crippen LogP contribution in [-0.4, -0.2) is 58.1 Å². The van der Waals surface area contributed by atoms with Gasteiger partial charge in [0.2, 0.25) is 0 Å². The zero-order valence-electron chi connectivity index (χ0n) is 15.6. The second kappa shape index (κ2) is 7.98. The molecule has 0 bridgehead atoms. The highest BCUT2D eigenvalue weighted by molar-refractivity contribution is 7.13. The number of anilines is 2. The molecule has 0 unspecified atom stereocenters. The van der Waals surface area contributed by atoms with Gasteiger partial charge in [0.1, 0.15) is 22.5 Å². The van der Waals surface area contributed by atoms with Gasteiger partial charge in [0.15, 0.2) is 0 Å². The van der Waals surface area contributed by atoms with E-state index in [0.717, 1.165) is 59.9 Å². The Kier molecular flexibility index (Phi) is 5.26. The normalized spacial score (nSPS) is 15.1. The number of nitrogens with zero attached hydrogens (tertiary/aromatic N) is 6. The third-order valence-corrected chi connectivity index (χ3v) is 5.50. The number of thiazole rings is 1. The van der Waals surface area contributed by atoms with E-state index in [1.807, 2.05) is 31.3 Å². The van der Waals surface area contributed by atoms with Gasteiger partial charge in [-0.2, -0.15) is 0 Å². The molecule has 3 aromatic heterocycles. The molecule has 0 spiro atoms. The van der Waals surface area contributed by atoms with Gasteiger partial charge in [0, 0.05) is 55.6 Å². The summed E-state index contributed by atoms with van der Waals surface area (Å²) in [6.45, 7) is 6.67. The molecular formula is C19H23N7S. The molecule has 1 aliphatic rings. The van der Waals surface area contributed by atoms with Crippen LogP contribution in [0.15, 0.2) is 36.0 Å². The van der Waals surface area contributed by atoms with Crippen LogP contribution in [0.1, 0.15) is 11.5 Å². The van der Waals surface area contributed by atoms with Crippen molar-refractivity contribution in [3.05, 3.63) is 47.5 Å². The predicted octanol–water partition coefficient (Wildman–Crippen LogP) is 2.67. The Morgan fingerprint density at radius 1 is 1.15 bits per heavy atom. The average molecular weight is 382 g/mol. The smallest absolute Gasteiger partial charge is 0.134 e. The molecule has 1 aliphatic heterocycles. The molecule has 0 aliphatic carbocycles. The summed E-state index contributed by atoms with van der Waals surface area (Å²) in [7, 11) is 2.16. The minimum Gasteiger partial charge on any atom is -0.364 e. The van der Waals surface area contributed by atoms with Gasteiger partial charge < -0.3 is 15.1 Å². The van der Waals surface area contributed by atoms with Crippen LogP contribution in [-0.2, 0) is 6.54 Å². The van der Waals surface area contributed by atoms with E-state index in [1.54, 1.807) is 17.5 Å². The Labute approximate surface area is 163 Å². The summed E-state index contributed by atoms with van der Waals surface area (Å²) in [4.78, 5) is 22.7. The first-order chi connectivity index (χ1) is 13.2. The van der Waals surface area contributed by atoms with Gasteiger partial charge in [-0.25, -0.2) is 15.0 Å². The number of aromatic nitrogens is 4. The fourth-order valence-electron chi connectivity index (χ4n) is 3.03. The van der Waals surface area contributed by atoms with Crippen LogP contribution in [0, 0.1) is 6.92 Å². The highest BCUT2D eigenvalue weighted by atomic mass is 32.1. The van der Waals surface area contributed by atoms with Crippen molar-refractivity contribution in [2.45, 2.75) is 13.5 Å². The van der Waals surface area contributed by atoms with Crippen LogP contribution in [0.4, 0.5) is 11.6 Å². The summed E-state index contributed by atoms with van der Waals surface area (Å²) < 4.78 is 0. The lowest BCUT2D eigenvalue weighted by atomic mass is 10.3. The lowest BCUT2D eigenvalue weighted by Crippen LogP contribution is -2.44. The maximum atomic E-state index is 4.70. The van der Waals surface area contributed by atoms with E-state index in [1.165, 1.54) is 0 Å². The fraction of sp³-hybridized carbons (Fsp3) is 0.368. The van der Waals surface area contributed by atoms with Gasteiger partial charge in [-0.05, 0) is 26.1 Å². The zero-order chi connectivity index (χ0) is 18.6. The summed E-state index contributed by atoms with van der Waals surface area (Å²) in [5, 5.41) is 6.45. The molecule has 0 aromatic carbocycles. The maximum absolute atomic E-state index is 4.70. The molecule has 0 amide bonds. The molecule has 3 aromatic rings. The third-order valence-electron chi connectivity index (χ3n) is 4.56. The SMILES string of the molecule is Cc1nc(NCc2csc(-c3cccnc3)n2)cc(N2CCN(C)CC2)n1. The fourth-order valence-corrected chi connectivity index (χ4v) is 3.84. The van der Waals surface area contributed by atoms with Crippen LogP contribution >= 0.6 is 11.3 Å². The first-order valence-corrected chi connectivity index (χ1v) is 9.93. The Morgan fingerprint density at radius 2 is 2.00 bits per heavy atom. The maximum Gasteiger partial charge on any atom is 0.134 e. The molecule has 1 saturated heterocycles. The molecule has 0 atom stereocenters. The van der Waals surface area contributed by atoms with Crippen molar-refractivity contribution in [1.82, 2.24) is 24.8 Å². The topological polar surface area (TPSA) is 70.1 Å². The van der Waals surface area contributed by atoms with E-state index in [-0.39, 0.29) is 0 Å². The first kappa shape index (κ1) is 17.8. The van der Waals surface area contributed by atoms with Crippen LogP contribution in [0.5, 0.6) is 0 Å². The molecule has 4 heterocycles. The zero-order valence-corrected chi connectivity index (χ0v) is 16.4. The van der Waals surface area contributed by atoms with Gasteiger partial charge >= 0.3 is 0 Å². The van der Waals surface area contributed by atoms with Crippen molar-refractivity contribution >= 4 is 23.0 Å². The van der Waals surface area contributed by atoms with Gasteiger partial charge in [0.25, 0.3) is 0 Å². The minimum atomic E-state index is 0.634. The number of hydrogen-bond acceptors (Lipinski definition) is 8. The summed E-state index contributed by atoms with van der Waals surface area (Å²) in [6.07, 6.45) is 3.61. The van der Waals surface area contributed by atoms with Crippen LogP contribution < -0.4 is 10.2 Å². The van der Waals surface area contributed by atoms with Crippen LogP contribution in [0.2, 0.25) is 0 Å². The molecule has 8 heteroatoms. The molecule has 1 fully saturated rings. The molecule has 140 valence electrons. The second-order valence-electron chi connectivity index (χ2n) is 6.69. The molecular weight excluding hydrogens is 358 g/mol. The van der Waals surface area contributed by atoms with Gasteiger partial charge in [-0.3, -0.25) is 4.98 Å². The summed E-state index contributed by atoms with van der Waals surface area (Å²) in [5.74, 6) is 2.61. The molecule has 1 N–H and O–H groups in total. The van der Waals surface area contributed by atoms with Crippen LogP contribution in [0.3, 0.4) is 0 Å². The number of pyridine rings is 1. The highest BCUT2D eigenvalue weighted by Crippen LogP contribution is 2.23. The molecule has 0 saturated carbocycles. The monoisotopic (exact) mass is 381 g/mol. The van der Waals surface area contributed by atoms with Gasteiger partial charge in [0.05, 0.1) is 12.2 Å². The molecule has 7 nitrogen and oxygen atoms in total. The van der Waals surface area contributed by atoms with Gasteiger partial charge in [-0.15, -0.1) is 11.3 Å². The average Bonchev–Trinajstić information content (AvgIpc) is 3.16. The minimum absolute atomic E-state index is 0.634. The first-order valence-electron chi connectivity index (χ1n) is 9.05. The van der Waals surface area contributed by atoms with Crippen molar-refractivity contribution in [2.75, 3.05) is 43.4 Å². The van der Waals surface area contributed by atoms with Crippen molar-refractivity contribution in [1.29, 1.82) is 0 Å². The molecule has 0 radical (unpaired) electrons. The van der Waals surface area contributed by atoms with Crippen LogP contribution in [0.25, 0.3) is 10.6 Å². The lowest BCUT2D eigenvalue weighted by molar-refractivity contribution is 0.312. The van der Waals surface area contributed by atoms with E-state index >= 15 is 0 Å². The number of nitrogens with one attached hydrogen (secondary N) is 1. The molecule has 4 rings (SSSR count). The summed E-state index contributed by atoms with van der Waals surface area (Å²) in [6, 6.07) is 5.99. The van der Waals surface area contributed by atoms with E-state index in [0.29, 0.717) is 6.54 Å². The second-order valence-corrected chi connectivity index (χ2v) is 7.55. The lowest BCUT2D eigenvalue weighted by Gasteiger charge is -2.33. The number of aryl methyl sites for hydroxylation is 1. The third kappa shape index (κ3) is 4.40. The number of likely N-dealkylation sites (N-methyl/N-ethyl adjacent to an activating group) is 1. The molecule has 27 heavy (non-hydrogen) atoms. The van der Waals surface area contributed by atoms with Crippen molar-refractivity contribution < 1.29 is 0 Å².